The fraction of sp³-hybridized carbons (Fsp3) is 1.00. The van der Waals surface area contributed by atoms with Crippen molar-refractivity contribution >= 4 is 0 Å². The first-order valence-corrected chi connectivity index (χ1v) is 7.03. The summed E-state index contributed by atoms with van der Waals surface area (Å²) in [4.78, 5) is 2.66. The van der Waals surface area contributed by atoms with Crippen LogP contribution in [0.2, 0.25) is 0 Å². The molecule has 0 bridgehead atoms. The number of rotatable bonds is 6. The second kappa shape index (κ2) is 6.61. The average molecular weight is 226 g/mol. The van der Waals surface area contributed by atoms with E-state index in [-0.39, 0.29) is 0 Å². The SMILES string of the molecule is CCC(C)CC(C)N1CCC(NC(C)C)C1. The molecule has 16 heavy (non-hydrogen) atoms. The Kier molecular flexibility index (Phi) is 5.77. The van der Waals surface area contributed by atoms with Gasteiger partial charge in [-0.3, -0.25) is 4.90 Å². The number of nitrogens with one attached hydrogen (secondary N) is 1. The predicted octanol–water partition coefficient (Wildman–Crippen LogP) is 2.88. The Bertz CT molecular complexity index is 191. The zero-order valence-electron chi connectivity index (χ0n) is 11.8. The Morgan fingerprint density at radius 3 is 2.50 bits per heavy atom. The monoisotopic (exact) mass is 226 g/mol. The highest BCUT2D eigenvalue weighted by Crippen LogP contribution is 2.19. The van der Waals surface area contributed by atoms with Crippen LogP contribution in [0.3, 0.4) is 0 Å². The molecule has 0 spiro atoms. The van der Waals surface area contributed by atoms with Crippen molar-refractivity contribution in [2.45, 2.75) is 72.0 Å². The number of hydrogen-bond acceptors (Lipinski definition) is 2. The maximum Gasteiger partial charge on any atom is 0.0209 e. The molecule has 0 aromatic heterocycles. The van der Waals surface area contributed by atoms with E-state index in [1.807, 2.05) is 0 Å². The van der Waals surface area contributed by atoms with Gasteiger partial charge >= 0.3 is 0 Å². The van der Waals surface area contributed by atoms with Gasteiger partial charge in [0.2, 0.25) is 0 Å². The Hall–Kier alpha value is -0.0800. The number of likely N-dealkylation sites (tertiary alicyclic amines) is 1. The Balaban J connectivity index is 2.29. The van der Waals surface area contributed by atoms with Crippen LogP contribution in [0.25, 0.3) is 0 Å². The van der Waals surface area contributed by atoms with Crippen LogP contribution in [0, 0.1) is 5.92 Å². The van der Waals surface area contributed by atoms with Gasteiger partial charge in [-0.1, -0.05) is 34.1 Å². The molecule has 0 saturated carbocycles. The van der Waals surface area contributed by atoms with Crippen molar-refractivity contribution in [3.8, 4) is 0 Å². The van der Waals surface area contributed by atoms with E-state index in [0.29, 0.717) is 6.04 Å². The van der Waals surface area contributed by atoms with Gasteiger partial charge in [0.1, 0.15) is 0 Å². The van der Waals surface area contributed by atoms with Crippen molar-refractivity contribution in [3.05, 3.63) is 0 Å². The summed E-state index contributed by atoms with van der Waals surface area (Å²) in [6.45, 7) is 14.1. The summed E-state index contributed by atoms with van der Waals surface area (Å²) in [6.07, 6.45) is 3.99. The maximum absolute atomic E-state index is 3.65. The van der Waals surface area contributed by atoms with Crippen molar-refractivity contribution in [1.29, 1.82) is 0 Å². The molecule has 3 atom stereocenters. The van der Waals surface area contributed by atoms with E-state index in [9.17, 15) is 0 Å². The summed E-state index contributed by atoms with van der Waals surface area (Å²) >= 11 is 0. The molecule has 1 fully saturated rings. The summed E-state index contributed by atoms with van der Waals surface area (Å²) in [6, 6.07) is 2.10. The van der Waals surface area contributed by atoms with E-state index in [2.05, 4.69) is 44.8 Å². The summed E-state index contributed by atoms with van der Waals surface area (Å²) in [5.74, 6) is 0.868. The molecule has 0 aromatic rings. The molecule has 3 unspecified atom stereocenters. The van der Waals surface area contributed by atoms with Crippen molar-refractivity contribution in [2.24, 2.45) is 5.92 Å². The second-order valence-corrected chi connectivity index (χ2v) is 5.90. The molecule has 2 heteroatoms. The molecule has 2 nitrogen and oxygen atoms in total. The van der Waals surface area contributed by atoms with Crippen LogP contribution in [0.5, 0.6) is 0 Å². The highest BCUT2D eigenvalue weighted by Gasteiger charge is 2.26. The van der Waals surface area contributed by atoms with E-state index in [1.54, 1.807) is 0 Å². The van der Waals surface area contributed by atoms with Crippen LogP contribution in [-0.2, 0) is 0 Å². The first kappa shape index (κ1) is 14.0. The molecular weight excluding hydrogens is 196 g/mol. The Morgan fingerprint density at radius 2 is 1.94 bits per heavy atom. The van der Waals surface area contributed by atoms with Crippen LogP contribution < -0.4 is 5.32 Å². The van der Waals surface area contributed by atoms with Crippen molar-refractivity contribution in [1.82, 2.24) is 10.2 Å². The minimum Gasteiger partial charge on any atom is -0.310 e. The molecule has 1 aliphatic heterocycles. The fourth-order valence-corrected chi connectivity index (χ4v) is 2.69. The normalized spacial score (nSPS) is 26.2. The van der Waals surface area contributed by atoms with Gasteiger partial charge in [0.15, 0.2) is 0 Å². The van der Waals surface area contributed by atoms with Gasteiger partial charge in [0.25, 0.3) is 0 Å². The molecule has 0 aromatic carbocycles. The van der Waals surface area contributed by atoms with Gasteiger partial charge in [0, 0.05) is 31.2 Å². The van der Waals surface area contributed by atoms with Gasteiger partial charge in [-0.05, 0) is 25.7 Å². The van der Waals surface area contributed by atoms with E-state index >= 15 is 0 Å². The molecule has 96 valence electrons. The van der Waals surface area contributed by atoms with Crippen molar-refractivity contribution in [2.75, 3.05) is 13.1 Å². The molecule has 0 radical (unpaired) electrons. The van der Waals surface area contributed by atoms with E-state index < -0.39 is 0 Å². The van der Waals surface area contributed by atoms with Crippen LogP contribution >= 0.6 is 0 Å². The number of nitrogens with zero attached hydrogens (tertiary/aromatic N) is 1. The summed E-state index contributed by atoms with van der Waals surface area (Å²) in [5, 5.41) is 3.65. The summed E-state index contributed by atoms with van der Waals surface area (Å²) in [5.41, 5.74) is 0. The zero-order chi connectivity index (χ0) is 12.1. The van der Waals surface area contributed by atoms with Crippen LogP contribution in [-0.4, -0.2) is 36.1 Å². The molecular formula is C14H30N2. The lowest BCUT2D eigenvalue weighted by molar-refractivity contribution is 0.217. The quantitative estimate of drug-likeness (QED) is 0.749. The minimum atomic E-state index is 0.620. The topological polar surface area (TPSA) is 15.3 Å². The lowest BCUT2D eigenvalue weighted by atomic mass is 10.00. The first-order chi connectivity index (χ1) is 7.52. The summed E-state index contributed by atoms with van der Waals surface area (Å²) < 4.78 is 0. The Labute approximate surface area is 102 Å². The second-order valence-electron chi connectivity index (χ2n) is 5.90. The molecule has 1 heterocycles. The highest BCUT2D eigenvalue weighted by molar-refractivity contribution is 4.85. The van der Waals surface area contributed by atoms with E-state index in [4.69, 9.17) is 0 Å². The first-order valence-electron chi connectivity index (χ1n) is 7.03. The zero-order valence-corrected chi connectivity index (χ0v) is 11.8. The van der Waals surface area contributed by atoms with Crippen molar-refractivity contribution < 1.29 is 0 Å². The molecule has 1 rings (SSSR count). The fourth-order valence-electron chi connectivity index (χ4n) is 2.69. The molecule has 0 aliphatic carbocycles. The van der Waals surface area contributed by atoms with Crippen molar-refractivity contribution in [3.63, 3.8) is 0 Å². The summed E-state index contributed by atoms with van der Waals surface area (Å²) in [7, 11) is 0. The Morgan fingerprint density at radius 1 is 1.25 bits per heavy atom. The van der Waals surface area contributed by atoms with Gasteiger partial charge < -0.3 is 5.32 Å². The number of hydrogen-bond donors (Lipinski definition) is 1. The van der Waals surface area contributed by atoms with Gasteiger partial charge in [-0.25, -0.2) is 0 Å². The van der Waals surface area contributed by atoms with Crippen LogP contribution in [0.1, 0.15) is 53.9 Å². The third kappa shape index (κ3) is 4.42. The maximum atomic E-state index is 3.65. The molecule has 1 aliphatic rings. The molecule has 1 saturated heterocycles. The van der Waals surface area contributed by atoms with Gasteiger partial charge in [0.05, 0.1) is 0 Å². The van der Waals surface area contributed by atoms with E-state index in [0.717, 1.165) is 18.0 Å². The average Bonchev–Trinajstić information content (AvgIpc) is 2.65. The van der Waals surface area contributed by atoms with Gasteiger partial charge in [-0.15, -0.1) is 0 Å². The van der Waals surface area contributed by atoms with E-state index in [1.165, 1.54) is 32.4 Å². The van der Waals surface area contributed by atoms with Crippen LogP contribution in [0.4, 0.5) is 0 Å². The van der Waals surface area contributed by atoms with Gasteiger partial charge in [-0.2, -0.15) is 0 Å². The minimum absolute atomic E-state index is 0.620. The largest absolute Gasteiger partial charge is 0.310 e. The lowest BCUT2D eigenvalue weighted by Gasteiger charge is -2.27. The highest BCUT2D eigenvalue weighted by atomic mass is 15.2. The molecule has 0 amide bonds. The third-order valence-electron chi connectivity index (χ3n) is 3.85. The predicted molar refractivity (Wildman–Crippen MR) is 71.8 cm³/mol. The molecule has 1 N–H and O–H groups in total. The van der Waals surface area contributed by atoms with Crippen LogP contribution in [0.15, 0.2) is 0 Å². The smallest absolute Gasteiger partial charge is 0.0209 e. The third-order valence-corrected chi connectivity index (χ3v) is 3.85. The standard InChI is InChI=1S/C14H30N2/c1-6-12(4)9-13(5)16-8-7-14(10-16)15-11(2)3/h11-15H,6-10H2,1-5H3. The lowest BCUT2D eigenvalue weighted by Crippen LogP contribution is -2.39.